The fraction of sp³-hybridized carbons (Fsp3) is 0.778. The number of halogens is 1. The van der Waals surface area contributed by atoms with Crippen molar-refractivity contribution in [3.63, 3.8) is 0 Å². The molecule has 14 heavy (non-hydrogen) atoms. The van der Waals surface area contributed by atoms with Crippen LogP contribution in [0.5, 0.6) is 0 Å². The fourth-order valence-corrected chi connectivity index (χ4v) is 1.57. The zero-order valence-electron chi connectivity index (χ0n) is 8.66. The predicted octanol–water partition coefficient (Wildman–Crippen LogP) is 1.16. The van der Waals surface area contributed by atoms with Gasteiger partial charge in [0.15, 0.2) is 0 Å². The lowest BCUT2D eigenvalue weighted by Gasteiger charge is -2.23. The second-order valence-corrected chi connectivity index (χ2v) is 4.25. The molecule has 0 amide bonds. The van der Waals surface area contributed by atoms with E-state index in [1.54, 1.807) is 0 Å². The number of ether oxygens (including phenoxy) is 1. The minimum absolute atomic E-state index is 0.143. The highest BCUT2D eigenvalue weighted by molar-refractivity contribution is 9.10. The van der Waals surface area contributed by atoms with Gasteiger partial charge in [-0.3, -0.25) is 4.79 Å². The largest absolute Gasteiger partial charge is 0.468 e. The summed E-state index contributed by atoms with van der Waals surface area (Å²) >= 11 is 3.22. The second kappa shape index (κ2) is 6.80. The molecule has 2 atom stereocenters. The topological polar surface area (TPSA) is 53.3 Å². The average Bonchev–Trinajstić information content (AvgIpc) is 2.16. The van der Waals surface area contributed by atoms with E-state index < -0.39 is 0 Å². The Balaban J connectivity index is 3.99. The molecule has 5 heteroatoms. The third kappa shape index (κ3) is 4.58. The van der Waals surface area contributed by atoms with Gasteiger partial charge in [-0.15, -0.1) is 0 Å². The Morgan fingerprint density at radius 1 is 1.71 bits per heavy atom. The fourth-order valence-electron chi connectivity index (χ4n) is 0.923. The van der Waals surface area contributed by atoms with Crippen molar-refractivity contribution in [2.24, 2.45) is 0 Å². The highest BCUT2D eigenvalue weighted by Gasteiger charge is 2.19. The van der Waals surface area contributed by atoms with Crippen LogP contribution in [0.4, 0.5) is 0 Å². The highest BCUT2D eigenvalue weighted by Crippen LogP contribution is 2.07. The maximum atomic E-state index is 11.1. The molecule has 0 spiro atoms. The Hall–Kier alpha value is -0.600. The zero-order chi connectivity index (χ0) is 11.1. The summed E-state index contributed by atoms with van der Waals surface area (Å²) in [7, 11) is 3.23. The maximum absolute atomic E-state index is 11.1. The first-order valence-corrected chi connectivity index (χ1v) is 5.23. The van der Waals surface area contributed by atoms with Gasteiger partial charge in [0.1, 0.15) is 4.83 Å². The van der Waals surface area contributed by atoms with E-state index in [0.29, 0.717) is 13.0 Å². The van der Waals surface area contributed by atoms with Crippen LogP contribution < -0.4 is 0 Å². The van der Waals surface area contributed by atoms with Gasteiger partial charge in [0.2, 0.25) is 0 Å². The molecule has 0 N–H and O–H groups in total. The van der Waals surface area contributed by atoms with Gasteiger partial charge in [0.25, 0.3) is 0 Å². The number of alkyl halides is 1. The van der Waals surface area contributed by atoms with Crippen LogP contribution in [0, 0.1) is 11.3 Å². The molecule has 0 rings (SSSR count). The number of rotatable bonds is 5. The zero-order valence-corrected chi connectivity index (χ0v) is 10.2. The minimum atomic E-state index is -0.335. The molecule has 2 unspecified atom stereocenters. The standard InChI is InChI=1S/C9H15BrN2O2/c1-7(4-5-11)12(2)6-8(10)9(13)14-3/h7-8H,4,6H2,1-3H3. The van der Waals surface area contributed by atoms with Crippen LogP contribution in [-0.2, 0) is 9.53 Å². The van der Waals surface area contributed by atoms with E-state index in [-0.39, 0.29) is 16.8 Å². The first-order valence-electron chi connectivity index (χ1n) is 4.32. The summed E-state index contributed by atoms with van der Waals surface area (Å²) in [6, 6.07) is 2.23. The number of nitriles is 1. The molecule has 0 aliphatic carbocycles. The normalized spacial score (nSPS) is 14.6. The number of carbonyl (C=O) groups excluding carboxylic acids is 1. The van der Waals surface area contributed by atoms with E-state index >= 15 is 0 Å². The van der Waals surface area contributed by atoms with Gasteiger partial charge in [-0.2, -0.15) is 5.26 Å². The van der Waals surface area contributed by atoms with Gasteiger partial charge in [0, 0.05) is 12.6 Å². The average molecular weight is 263 g/mol. The Morgan fingerprint density at radius 3 is 2.71 bits per heavy atom. The van der Waals surface area contributed by atoms with Crippen LogP contribution in [0.3, 0.4) is 0 Å². The molecule has 0 aromatic rings. The van der Waals surface area contributed by atoms with Crippen molar-refractivity contribution in [3.8, 4) is 6.07 Å². The van der Waals surface area contributed by atoms with E-state index in [4.69, 9.17) is 5.26 Å². The molecule has 0 aromatic heterocycles. The van der Waals surface area contributed by atoms with Crippen molar-refractivity contribution in [3.05, 3.63) is 0 Å². The minimum Gasteiger partial charge on any atom is -0.468 e. The molecule has 0 aromatic carbocycles. The van der Waals surface area contributed by atoms with Crippen LogP contribution >= 0.6 is 15.9 Å². The molecule has 0 fully saturated rings. The lowest BCUT2D eigenvalue weighted by Crippen LogP contribution is -2.37. The Kier molecular flexibility index (Phi) is 6.50. The van der Waals surface area contributed by atoms with Crippen molar-refractivity contribution in [2.75, 3.05) is 20.7 Å². The van der Waals surface area contributed by atoms with Crippen molar-refractivity contribution < 1.29 is 9.53 Å². The molecule has 0 saturated carbocycles. The van der Waals surface area contributed by atoms with E-state index in [1.807, 2.05) is 18.9 Å². The molecule has 0 aliphatic rings. The van der Waals surface area contributed by atoms with Crippen molar-refractivity contribution in [1.29, 1.82) is 5.26 Å². The molecule has 0 aliphatic heterocycles. The SMILES string of the molecule is COC(=O)C(Br)CN(C)C(C)CC#N. The van der Waals surface area contributed by atoms with E-state index in [2.05, 4.69) is 26.7 Å². The Bertz CT molecular complexity index is 227. The first-order chi connectivity index (χ1) is 6.52. The van der Waals surface area contributed by atoms with Crippen molar-refractivity contribution in [1.82, 2.24) is 4.90 Å². The van der Waals surface area contributed by atoms with Crippen molar-refractivity contribution in [2.45, 2.75) is 24.2 Å². The molecule has 4 nitrogen and oxygen atoms in total. The predicted molar refractivity (Wildman–Crippen MR) is 57.1 cm³/mol. The lowest BCUT2D eigenvalue weighted by molar-refractivity contribution is -0.140. The van der Waals surface area contributed by atoms with E-state index in [0.717, 1.165) is 0 Å². The maximum Gasteiger partial charge on any atom is 0.320 e. The number of hydrogen-bond donors (Lipinski definition) is 0. The molecule has 0 saturated heterocycles. The third-order valence-corrected chi connectivity index (χ3v) is 2.71. The smallest absolute Gasteiger partial charge is 0.320 e. The van der Waals surface area contributed by atoms with Gasteiger partial charge in [-0.05, 0) is 14.0 Å². The molecular formula is C9H15BrN2O2. The number of nitrogens with zero attached hydrogens (tertiary/aromatic N) is 2. The first kappa shape index (κ1) is 13.4. The summed E-state index contributed by atoms with van der Waals surface area (Å²) in [6.45, 7) is 2.48. The van der Waals surface area contributed by atoms with Crippen molar-refractivity contribution >= 4 is 21.9 Å². The molecule has 0 radical (unpaired) electrons. The van der Waals surface area contributed by atoms with Gasteiger partial charge >= 0.3 is 5.97 Å². The number of esters is 1. The highest BCUT2D eigenvalue weighted by atomic mass is 79.9. The number of hydrogen-bond acceptors (Lipinski definition) is 4. The van der Waals surface area contributed by atoms with Crippen LogP contribution in [0.1, 0.15) is 13.3 Å². The van der Waals surface area contributed by atoms with Crippen LogP contribution in [-0.4, -0.2) is 42.4 Å². The summed E-state index contributed by atoms with van der Waals surface area (Å²) < 4.78 is 4.58. The second-order valence-electron chi connectivity index (χ2n) is 3.14. The Labute approximate surface area is 93.0 Å². The number of methoxy groups -OCH3 is 1. The Morgan fingerprint density at radius 2 is 2.29 bits per heavy atom. The number of carbonyl (C=O) groups is 1. The van der Waals surface area contributed by atoms with Gasteiger partial charge in [-0.1, -0.05) is 15.9 Å². The van der Waals surface area contributed by atoms with E-state index in [9.17, 15) is 4.79 Å². The van der Waals surface area contributed by atoms with Gasteiger partial charge in [0.05, 0.1) is 19.6 Å². The molecule has 80 valence electrons. The van der Waals surface area contributed by atoms with E-state index in [1.165, 1.54) is 7.11 Å². The summed E-state index contributed by atoms with van der Waals surface area (Å²) in [6.07, 6.45) is 0.456. The monoisotopic (exact) mass is 262 g/mol. The summed E-state index contributed by atoms with van der Waals surface area (Å²) in [4.78, 5) is 12.7. The van der Waals surface area contributed by atoms with Crippen LogP contribution in [0.15, 0.2) is 0 Å². The molecule has 0 heterocycles. The molecular weight excluding hydrogens is 248 g/mol. The molecule has 0 bridgehead atoms. The lowest BCUT2D eigenvalue weighted by atomic mass is 10.2. The third-order valence-electron chi connectivity index (χ3n) is 2.04. The van der Waals surface area contributed by atoms with Gasteiger partial charge in [-0.25, -0.2) is 0 Å². The summed E-state index contributed by atoms with van der Waals surface area (Å²) in [5.74, 6) is -0.291. The quantitative estimate of drug-likeness (QED) is 0.551. The van der Waals surface area contributed by atoms with Crippen LogP contribution in [0.2, 0.25) is 0 Å². The van der Waals surface area contributed by atoms with Crippen LogP contribution in [0.25, 0.3) is 0 Å². The summed E-state index contributed by atoms with van der Waals surface area (Å²) in [5, 5.41) is 8.50. The van der Waals surface area contributed by atoms with Gasteiger partial charge < -0.3 is 9.64 Å². The summed E-state index contributed by atoms with van der Waals surface area (Å²) in [5.41, 5.74) is 0.